The van der Waals surface area contributed by atoms with Crippen molar-refractivity contribution in [2.24, 2.45) is 0 Å². The molecule has 1 atom stereocenters. The molecule has 0 bridgehead atoms. The zero-order valence-electron chi connectivity index (χ0n) is 32.0. The lowest BCUT2D eigenvalue weighted by Gasteiger charge is -2.15. The molecular formula is C43H77NO5. The molecule has 0 aliphatic heterocycles. The Morgan fingerprint density at radius 1 is 0.551 bits per heavy atom. The quantitative estimate of drug-likeness (QED) is 0.0385. The molecule has 0 saturated carbocycles. The third-order valence-electron chi connectivity index (χ3n) is 9.02. The van der Waals surface area contributed by atoms with Crippen LogP contribution in [0.2, 0.25) is 0 Å². The molecule has 6 nitrogen and oxygen atoms in total. The van der Waals surface area contributed by atoms with Crippen LogP contribution >= 0.6 is 0 Å². The molecule has 0 aromatic rings. The first-order valence-electron chi connectivity index (χ1n) is 20.6. The van der Waals surface area contributed by atoms with Gasteiger partial charge in [0.05, 0.1) is 0 Å². The molecule has 0 aromatic heterocycles. The molecule has 0 aliphatic carbocycles. The second-order valence-corrected chi connectivity index (χ2v) is 13.9. The minimum atomic E-state index is -1.02. The van der Waals surface area contributed by atoms with E-state index in [1.54, 1.807) is 0 Å². The first-order valence-corrected chi connectivity index (χ1v) is 20.6. The highest BCUT2D eigenvalue weighted by Crippen LogP contribution is 2.16. The third-order valence-corrected chi connectivity index (χ3v) is 9.02. The fourth-order valence-electron chi connectivity index (χ4n) is 5.92. The van der Waals surface area contributed by atoms with E-state index in [1.165, 1.54) is 109 Å². The van der Waals surface area contributed by atoms with Gasteiger partial charge in [-0.05, 0) is 76.7 Å². The van der Waals surface area contributed by atoms with Crippen LogP contribution in [0.25, 0.3) is 0 Å². The molecule has 0 saturated heterocycles. The molecule has 0 spiro atoms. The number of hydrogen-bond donors (Lipinski definition) is 2. The number of aliphatic carboxylic acids is 1. The van der Waals surface area contributed by atoms with Crippen molar-refractivity contribution in [1.29, 1.82) is 0 Å². The minimum absolute atomic E-state index is 0.0616. The highest BCUT2D eigenvalue weighted by Gasteiger charge is 2.11. The van der Waals surface area contributed by atoms with Gasteiger partial charge in [-0.1, -0.05) is 153 Å². The van der Waals surface area contributed by atoms with E-state index in [4.69, 9.17) is 9.84 Å². The summed E-state index contributed by atoms with van der Waals surface area (Å²) in [5.41, 5.74) is 0. The van der Waals surface area contributed by atoms with Gasteiger partial charge in [0.1, 0.15) is 12.6 Å². The smallest absolute Gasteiger partial charge is 0.322 e. The average molecular weight is 688 g/mol. The number of nitrogens with one attached hydrogen (secondary N) is 1. The van der Waals surface area contributed by atoms with Gasteiger partial charge in [0.2, 0.25) is 5.91 Å². The van der Waals surface area contributed by atoms with Crippen LogP contribution in [-0.2, 0) is 19.1 Å². The summed E-state index contributed by atoms with van der Waals surface area (Å²) >= 11 is 0. The Labute approximate surface area is 302 Å². The summed E-state index contributed by atoms with van der Waals surface area (Å²) in [5.74, 6) is -1.27. The molecule has 6 heteroatoms. The summed E-state index contributed by atoms with van der Waals surface area (Å²) < 4.78 is 5.93. The lowest BCUT2D eigenvalue weighted by molar-refractivity contribution is -0.147. The van der Waals surface area contributed by atoms with Crippen LogP contribution in [0, 0.1) is 0 Å². The fourth-order valence-corrected chi connectivity index (χ4v) is 5.92. The van der Waals surface area contributed by atoms with Gasteiger partial charge in [-0.15, -0.1) is 0 Å². The highest BCUT2D eigenvalue weighted by molar-refractivity contribution is 5.80. The molecule has 284 valence electrons. The van der Waals surface area contributed by atoms with Crippen LogP contribution in [0.4, 0.5) is 0 Å². The third kappa shape index (κ3) is 38.3. The summed E-state index contributed by atoms with van der Waals surface area (Å²) in [6, 6.07) is 0. The van der Waals surface area contributed by atoms with Crippen molar-refractivity contribution in [2.75, 3.05) is 6.54 Å². The number of carboxylic acids is 1. The number of allylic oxidation sites excluding steroid dienone is 5. The number of unbranched alkanes of at least 4 members (excludes halogenated alkanes) is 22. The first-order chi connectivity index (χ1) is 24.0. The molecule has 1 unspecified atom stereocenters. The van der Waals surface area contributed by atoms with E-state index in [2.05, 4.69) is 55.6 Å². The molecule has 49 heavy (non-hydrogen) atoms. The van der Waals surface area contributed by atoms with Crippen LogP contribution in [0.1, 0.15) is 206 Å². The maximum Gasteiger partial charge on any atom is 0.322 e. The first kappa shape index (κ1) is 46.6. The number of hydrogen-bond acceptors (Lipinski definition) is 4. The Morgan fingerprint density at radius 3 is 1.55 bits per heavy atom. The standard InChI is InChI=1S/C43H77NO5/c1-3-5-7-9-11-13-14-15-16-17-18-19-20-21-22-24-30-34-38-43(48)49-40(35-31-27-23-12-10-8-6-4-2)36-32-28-25-26-29-33-37-41(45)44-39-42(46)47/h13-14,16-17,31,35,40H,3-12,15,18-30,32-34,36-39H2,1-2H3,(H,44,45)(H,46,47)/b14-13-,17-16-,35-31-. The Hall–Kier alpha value is -2.37. The monoisotopic (exact) mass is 688 g/mol. The molecule has 0 heterocycles. The number of amides is 1. The lowest BCUT2D eigenvalue weighted by Crippen LogP contribution is -2.28. The summed E-state index contributed by atoms with van der Waals surface area (Å²) in [4.78, 5) is 34.8. The van der Waals surface area contributed by atoms with Gasteiger partial charge < -0.3 is 15.2 Å². The number of rotatable bonds is 37. The summed E-state index contributed by atoms with van der Waals surface area (Å²) in [6.45, 7) is 4.19. The molecule has 0 radical (unpaired) electrons. The predicted octanol–water partition coefficient (Wildman–Crippen LogP) is 12.5. The van der Waals surface area contributed by atoms with Crippen molar-refractivity contribution in [2.45, 2.75) is 213 Å². The van der Waals surface area contributed by atoms with Gasteiger partial charge in [-0.2, -0.15) is 0 Å². The lowest BCUT2D eigenvalue weighted by atomic mass is 10.0. The predicted molar refractivity (Wildman–Crippen MR) is 208 cm³/mol. The summed E-state index contributed by atoms with van der Waals surface area (Å²) in [5, 5.41) is 11.0. The van der Waals surface area contributed by atoms with E-state index in [0.717, 1.165) is 70.6 Å². The van der Waals surface area contributed by atoms with Crippen LogP contribution in [0.3, 0.4) is 0 Å². The molecule has 0 aromatic carbocycles. The Bertz CT molecular complexity index is 849. The topological polar surface area (TPSA) is 92.7 Å². The van der Waals surface area contributed by atoms with Gasteiger partial charge in [0.25, 0.3) is 0 Å². The fraction of sp³-hybridized carbons (Fsp3) is 0.791. The van der Waals surface area contributed by atoms with Gasteiger partial charge in [0.15, 0.2) is 0 Å². The largest absolute Gasteiger partial charge is 0.480 e. The van der Waals surface area contributed by atoms with Crippen LogP contribution in [0.5, 0.6) is 0 Å². The SMILES string of the molecule is CCCCCC/C=C\C/C=C\CCCCCCCCCC(=O)OC(/C=C\CCCCCCCC)CCCCCCCCC(=O)NCC(=O)O. The molecule has 0 fully saturated rings. The van der Waals surface area contributed by atoms with Crippen molar-refractivity contribution >= 4 is 17.8 Å². The number of ether oxygens (including phenoxy) is 1. The van der Waals surface area contributed by atoms with Crippen molar-refractivity contribution in [3.8, 4) is 0 Å². The van der Waals surface area contributed by atoms with E-state index in [0.29, 0.717) is 12.8 Å². The van der Waals surface area contributed by atoms with Crippen LogP contribution in [-0.4, -0.2) is 35.6 Å². The van der Waals surface area contributed by atoms with Gasteiger partial charge in [0, 0.05) is 12.8 Å². The number of esters is 1. The molecule has 0 aliphatic rings. The normalized spacial score (nSPS) is 12.4. The summed E-state index contributed by atoms with van der Waals surface area (Å²) in [6.07, 6.45) is 47.1. The van der Waals surface area contributed by atoms with Crippen LogP contribution < -0.4 is 5.32 Å². The van der Waals surface area contributed by atoms with Crippen molar-refractivity contribution in [3.05, 3.63) is 36.5 Å². The minimum Gasteiger partial charge on any atom is -0.480 e. The molecular weight excluding hydrogens is 610 g/mol. The van der Waals surface area contributed by atoms with Gasteiger partial charge >= 0.3 is 11.9 Å². The maximum absolute atomic E-state index is 12.7. The molecule has 0 rings (SSSR count). The zero-order chi connectivity index (χ0) is 35.9. The van der Waals surface area contributed by atoms with Crippen molar-refractivity contribution < 1.29 is 24.2 Å². The van der Waals surface area contributed by atoms with E-state index < -0.39 is 5.97 Å². The van der Waals surface area contributed by atoms with E-state index in [-0.39, 0.29) is 24.5 Å². The van der Waals surface area contributed by atoms with E-state index in [9.17, 15) is 14.4 Å². The van der Waals surface area contributed by atoms with E-state index in [1.807, 2.05) is 0 Å². The second-order valence-electron chi connectivity index (χ2n) is 13.9. The average Bonchev–Trinajstić information content (AvgIpc) is 3.08. The number of carbonyl (C=O) groups is 3. The maximum atomic E-state index is 12.7. The highest BCUT2D eigenvalue weighted by atomic mass is 16.5. The van der Waals surface area contributed by atoms with Crippen molar-refractivity contribution in [3.63, 3.8) is 0 Å². The second kappa shape index (κ2) is 38.4. The number of carbonyl (C=O) groups excluding carboxylic acids is 2. The molecule has 1 amide bonds. The summed E-state index contributed by atoms with van der Waals surface area (Å²) in [7, 11) is 0. The van der Waals surface area contributed by atoms with Crippen molar-refractivity contribution in [1.82, 2.24) is 5.32 Å². The molecule has 2 N–H and O–H groups in total. The Kier molecular flexibility index (Phi) is 36.6. The van der Waals surface area contributed by atoms with Crippen LogP contribution in [0.15, 0.2) is 36.5 Å². The Balaban J connectivity index is 4.10. The Morgan fingerprint density at radius 2 is 1.00 bits per heavy atom. The van der Waals surface area contributed by atoms with Gasteiger partial charge in [-0.25, -0.2) is 0 Å². The number of carboxylic acid groups (broad SMARTS) is 1. The van der Waals surface area contributed by atoms with Gasteiger partial charge in [-0.3, -0.25) is 14.4 Å². The van der Waals surface area contributed by atoms with E-state index >= 15 is 0 Å². The zero-order valence-corrected chi connectivity index (χ0v) is 32.0.